The Bertz CT molecular complexity index is 974. The van der Waals surface area contributed by atoms with Gasteiger partial charge in [-0.2, -0.15) is 0 Å². The molecule has 2 aromatic carbocycles. The van der Waals surface area contributed by atoms with Crippen LogP contribution in [0.15, 0.2) is 59.8 Å². The van der Waals surface area contributed by atoms with E-state index in [4.69, 9.17) is 10.5 Å². The zero-order chi connectivity index (χ0) is 20.6. The van der Waals surface area contributed by atoms with E-state index in [1.54, 1.807) is 7.11 Å². The van der Waals surface area contributed by atoms with Crippen molar-refractivity contribution in [1.82, 2.24) is 20.1 Å². The summed E-state index contributed by atoms with van der Waals surface area (Å²) in [6.45, 7) is 0.637. The molecule has 29 heavy (non-hydrogen) atoms. The molecule has 0 aliphatic heterocycles. The maximum Gasteiger partial charge on any atom is 0.318 e. The molecule has 0 bridgehead atoms. The van der Waals surface area contributed by atoms with Gasteiger partial charge in [0.2, 0.25) is 5.91 Å². The lowest BCUT2D eigenvalue weighted by Crippen LogP contribution is -2.36. The Labute approximate surface area is 172 Å². The zero-order valence-corrected chi connectivity index (χ0v) is 16.7. The maximum absolute atomic E-state index is 11.8. The van der Waals surface area contributed by atoms with Crippen molar-refractivity contribution in [3.8, 4) is 17.1 Å². The lowest BCUT2D eigenvalue weighted by Gasteiger charge is -2.11. The molecular formula is C20H21N5O3S. The smallest absolute Gasteiger partial charge is 0.318 e. The Morgan fingerprint density at radius 3 is 2.48 bits per heavy atom. The van der Waals surface area contributed by atoms with Gasteiger partial charge in [-0.3, -0.25) is 10.1 Å². The number of carbonyl (C=O) groups excluding carboxylic acids is 2. The van der Waals surface area contributed by atoms with Gasteiger partial charge < -0.3 is 15.0 Å². The van der Waals surface area contributed by atoms with Crippen LogP contribution < -0.4 is 15.8 Å². The molecule has 1 heterocycles. The Morgan fingerprint density at radius 1 is 1.10 bits per heavy atom. The van der Waals surface area contributed by atoms with E-state index in [-0.39, 0.29) is 5.75 Å². The van der Waals surface area contributed by atoms with Gasteiger partial charge in [-0.25, -0.2) is 4.79 Å². The quantitative estimate of drug-likeness (QED) is 0.551. The molecule has 3 N–H and O–H groups in total. The number of nitrogens with zero attached hydrogens (tertiary/aromatic N) is 3. The number of primary amides is 1. The summed E-state index contributed by atoms with van der Waals surface area (Å²) in [6.07, 6.45) is 0.781. The van der Waals surface area contributed by atoms with E-state index in [0.29, 0.717) is 17.5 Å². The van der Waals surface area contributed by atoms with Crippen molar-refractivity contribution in [3.63, 3.8) is 0 Å². The van der Waals surface area contributed by atoms with Gasteiger partial charge in [0.15, 0.2) is 11.0 Å². The average molecular weight is 411 g/mol. The number of amides is 3. The fraction of sp³-hybridized carbons (Fsp3) is 0.200. The lowest BCUT2D eigenvalue weighted by atomic mass is 10.1. The van der Waals surface area contributed by atoms with Gasteiger partial charge in [0.25, 0.3) is 0 Å². The first kappa shape index (κ1) is 20.4. The van der Waals surface area contributed by atoms with Crippen molar-refractivity contribution in [1.29, 1.82) is 0 Å². The predicted molar refractivity (Wildman–Crippen MR) is 111 cm³/mol. The SMILES string of the molecule is COc1ccc(-c2nnc(SCC(=O)NC(N)=O)n2CCc2ccccc2)cc1. The van der Waals surface area contributed by atoms with Gasteiger partial charge in [0.05, 0.1) is 12.9 Å². The molecule has 150 valence electrons. The molecule has 3 amide bonds. The molecule has 3 rings (SSSR count). The minimum atomic E-state index is -0.875. The van der Waals surface area contributed by atoms with Gasteiger partial charge in [-0.05, 0) is 36.2 Å². The second kappa shape index (κ2) is 9.74. The molecule has 0 aliphatic carbocycles. The summed E-state index contributed by atoms with van der Waals surface area (Å²) in [7, 11) is 1.61. The van der Waals surface area contributed by atoms with Gasteiger partial charge in [0.1, 0.15) is 5.75 Å². The first-order valence-corrected chi connectivity index (χ1v) is 9.89. The minimum Gasteiger partial charge on any atom is -0.497 e. The zero-order valence-electron chi connectivity index (χ0n) is 15.9. The summed E-state index contributed by atoms with van der Waals surface area (Å²) in [4.78, 5) is 22.6. The van der Waals surface area contributed by atoms with E-state index < -0.39 is 11.9 Å². The molecule has 0 atom stereocenters. The second-order valence-electron chi connectivity index (χ2n) is 6.12. The number of ether oxygens (including phenoxy) is 1. The van der Waals surface area contributed by atoms with E-state index >= 15 is 0 Å². The van der Waals surface area contributed by atoms with Crippen molar-refractivity contribution in [2.45, 2.75) is 18.1 Å². The highest BCUT2D eigenvalue weighted by Gasteiger charge is 2.16. The highest BCUT2D eigenvalue weighted by atomic mass is 32.2. The number of hydrogen-bond acceptors (Lipinski definition) is 6. The number of carbonyl (C=O) groups is 2. The number of imide groups is 1. The minimum absolute atomic E-state index is 0.00895. The number of nitrogens with two attached hydrogens (primary N) is 1. The van der Waals surface area contributed by atoms with Crippen LogP contribution in [0.2, 0.25) is 0 Å². The molecule has 0 spiro atoms. The summed E-state index contributed by atoms with van der Waals surface area (Å²) in [6, 6.07) is 16.8. The van der Waals surface area contributed by atoms with Crippen LogP contribution >= 0.6 is 11.8 Å². The first-order valence-electron chi connectivity index (χ1n) is 8.90. The van der Waals surface area contributed by atoms with Crippen LogP contribution in [0.1, 0.15) is 5.56 Å². The topological polar surface area (TPSA) is 112 Å². The number of hydrogen-bond donors (Lipinski definition) is 2. The second-order valence-corrected chi connectivity index (χ2v) is 7.07. The van der Waals surface area contributed by atoms with Crippen LogP contribution in [0.4, 0.5) is 4.79 Å². The summed E-state index contributed by atoms with van der Waals surface area (Å²) in [5.41, 5.74) is 7.06. The molecular weight excluding hydrogens is 390 g/mol. The highest BCUT2D eigenvalue weighted by molar-refractivity contribution is 7.99. The van der Waals surface area contributed by atoms with Crippen LogP contribution in [-0.4, -0.2) is 39.6 Å². The van der Waals surface area contributed by atoms with Crippen molar-refractivity contribution in [2.75, 3.05) is 12.9 Å². The number of urea groups is 1. The predicted octanol–water partition coefficient (Wildman–Crippen LogP) is 2.48. The van der Waals surface area contributed by atoms with Crippen LogP contribution in [-0.2, 0) is 17.8 Å². The van der Waals surface area contributed by atoms with E-state index in [2.05, 4.69) is 22.3 Å². The number of aryl methyl sites for hydroxylation is 1. The third-order valence-electron chi connectivity index (χ3n) is 4.13. The molecule has 0 aliphatic rings. The third kappa shape index (κ3) is 5.58. The van der Waals surface area contributed by atoms with E-state index in [9.17, 15) is 9.59 Å². The van der Waals surface area contributed by atoms with Crippen molar-refractivity contribution in [2.24, 2.45) is 5.73 Å². The Kier molecular flexibility index (Phi) is 6.85. The molecule has 9 heteroatoms. The standard InChI is InChI=1S/C20H21N5O3S/c1-28-16-9-7-15(8-10-16)18-23-24-20(29-13-17(26)22-19(21)27)25(18)12-11-14-5-3-2-4-6-14/h2-10H,11-13H2,1H3,(H3,21,22,26,27). The molecule has 8 nitrogen and oxygen atoms in total. The largest absolute Gasteiger partial charge is 0.497 e. The Balaban J connectivity index is 1.83. The Hall–Kier alpha value is -3.33. The molecule has 0 saturated carbocycles. The van der Waals surface area contributed by atoms with Crippen LogP contribution in [0, 0.1) is 0 Å². The number of benzene rings is 2. The summed E-state index contributed by atoms with van der Waals surface area (Å²) in [5.74, 6) is 0.976. The fourth-order valence-electron chi connectivity index (χ4n) is 2.74. The van der Waals surface area contributed by atoms with Gasteiger partial charge in [0, 0.05) is 12.1 Å². The number of nitrogens with one attached hydrogen (secondary N) is 1. The summed E-state index contributed by atoms with van der Waals surface area (Å²) in [5, 5.41) is 11.2. The summed E-state index contributed by atoms with van der Waals surface area (Å²) < 4.78 is 7.18. The van der Waals surface area contributed by atoms with Crippen molar-refractivity contribution < 1.29 is 14.3 Å². The molecule has 0 fully saturated rings. The molecule has 0 radical (unpaired) electrons. The molecule has 0 saturated heterocycles. The van der Waals surface area contributed by atoms with Crippen molar-refractivity contribution in [3.05, 3.63) is 60.2 Å². The lowest BCUT2D eigenvalue weighted by molar-refractivity contribution is -0.117. The Morgan fingerprint density at radius 2 is 1.83 bits per heavy atom. The molecule has 1 aromatic heterocycles. The van der Waals surface area contributed by atoms with E-state index in [1.807, 2.05) is 52.3 Å². The van der Waals surface area contributed by atoms with Gasteiger partial charge in [-0.1, -0.05) is 42.1 Å². The number of rotatable bonds is 8. The van der Waals surface area contributed by atoms with E-state index in [1.165, 1.54) is 17.3 Å². The number of aromatic nitrogens is 3. The molecule has 0 unspecified atom stereocenters. The first-order chi connectivity index (χ1) is 14.1. The van der Waals surface area contributed by atoms with Gasteiger partial charge in [-0.15, -0.1) is 10.2 Å². The highest BCUT2D eigenvalue weighted by Crippen LogP contribution is 2.26. The van der Waals surface area contributed by atoms with Gasteiger partial charge >= 0.3 is 6.03 Å². The number of thioether (sulfide) groups is 1. The molecule has 3 aromatic rings. The maximum atomic E-state index is 11.8. The van der Waals surface area contributed by atoms with Crippen LogP contribution in [0.5, 0.6) is 5.75 Å². The van der Waals surface area contributed by atoms with Crippen LogP contribution in [0.3, 0.4) is 0 Å². The van der Waals surface area contributed by atoms with E-state index in [0.717, 1.165) is 17.7 Å². The number of methoxy groups -OCH3 is 1. The fourth-order valence-corrected chi connectivity index (χ4v) is 3.50. The summed E-state index contributed by atoms with van der Waals surface area (Å²) >= 11 is 1.20. The van der Waals surface area contributed by atoms with Crippen LogP contribution in [0.25, 0.3) is 11.4 Å². The van der Waals surface area contributed by atoms with Crippen molar-refractivity contribution >= 4 is 23.7 Å². The normalized spacial score (nSPS) is 10.5. The average Bonchev–Trinajstić information content (AvgIpc) is 3.14. The third-order valence-corrected chi connectivity index (χ3v) is 5.09. The monoisotopic (exact) mass is 411 g/mol.